The van der Waals surface area contributed by atoms with Gasteiger partial charge in [-0.2, -0.15) is 5.26 Å². The highest BCUT2D eigenvalue weighted by molar-refractivity contribution is 5.33. The van der Waals surface area contributed by atoms with Crippen LogP contribution in [0.5, 0.6) is 0 Å². The van der Waals surface area contributed by atoms with Crippen LogP contribution < -0.4 is 5.32 Å². The molecule has 0 amide bonds. The highest BCUT2D eigenvalue weighted by Crippen LogP contribution is 2.21. The number of hydrogen-bond donors (Lipinski definition) is 1. The van der Waals surface area contributed by atoms with E-state index in [0.29, 0.717) is 0 Å². The van der Waals surface area contributed by atoms with Crippen molar-refractivity contribution in [2.75, 3.05) is 6.54 Å². The number of nitrogens with one attached hydrogen (secondary N) is 1. The summed E-state index contributed by atoms with van der Waals surface area (Å²) in [4.78, 5) is 4.02. The summed E-state index contributed by atoms with van der Waals surface area (Å²) in [6, 6.07) is 4.20. The van der Waals surface area contributed by atoms with Crippen molar-refractivity contribution < 1.29 is 0 Å². The van der Waals surface area contributed by atoms with E-state index in [4.69, 9.17) is 5.26 Å². The van der Waals surface area contributed by atoms with E-state index < -0.39 is 0 Å². The van der Waals surface area contributed by atoms with Crippen molar-refractivity contribution in [3.05, 3.63) is 29.6 Å². The molecule has 1 N–H and O–H groups in total. The third-order valence-electron chi connectivity index (χ3n) is 2.14. The molecule has 3 nitrogen and oxygen atoms in total. The van der Waals surface area contributed by atoms with Crippen LogP contribution in [0.3, 0.4) is 0 Å². The van der Waals surface area contributed by atoms with Crippen molar-refractivity contribution in [3.8, 4) is 6.07 Å². The second-order valence-electron chi connectivity index (χ2n) is 2.89. The first-order valence-electron chi connectivity index (χ1n) is 3.95. The Morgan fingerprint density at radius 2 is 2.58 bits per heavy atom. The molecule has 1 atom stereocenters. The summed E-state index contributed by atoms with van der Waals surface area (Å²) in [5.74, 6) is -0.00301. The third kappa shape index (κ3) is 1.06. The number of aromatic nitrogens is 1. The maximum absolute atomic E-state index is 8.83. The van der Waals surface area contributed by atoms with Gasteiger partial charge in [-0.1, -0.05) is 0 Å². The SMILES string of the molecule is N#CC1CNCc2cnccc21. The summed E-state index contributed by atoms with van der Waals surface area (Å²) in [5, 5.41) is 12.0. The number of rotatable bonds is 0. The molecular formula is C9H9N3. The van der Waals surface area contributed by atoms with E-state index in [1.54, 1.807) is 6.20 Å². The van der Waals surface area contributed by atoms with Gasteiger partial charge < -0.3 is 5.32 Å². The number of hydrogen-bond acceptors (Lipinski definition) is 3. The van der Waals surface area contributed by atoms with Gasteiger partial charge in [0, 0.05) is 25.5 Å². The van der Waals surface area contributed by atoms with Crippen LogP contribution in [0.15, 0.2) is 18.5 Å². The standard InChI is InChI=1S/C9H9N3/c10-3-7-4-12-6-8-5-11-2-1-9(7)8/h1-2,5,7,12H,4,6H2. The smallest absolute Gasteiger partial charge is 0.0841 e. The molecule has 1 aliphatic heterocycles. The van der Waals surface area contributed by atoms with Crippen LogP contribution in [-0.2, 0) is 6.54 Å². The number of fused-ring (bicyclic) bond motifs is 1. The molecule has 1 aromatic heterocycles. The fraction of sp³-hybridized carbons (Fsp3) is 0.333. The Kier molecular flexibility index (Phi) is 1.77. The molecule has 1 unspecified atom stereocenters. The van der Waals surface area contributed by atoms with Gasteiger partial charge in [-0.05, 0) is 17.2 Å². The molecule has 0 aromatic carbocycles. The summed E-state index contributed by atoms with van der Waals surface area (Å²) < 4.78 is 0. The maximum Gasteiger partial charge on any atom is 0.0841 e. The molecule has 0 aliphatic carbocycles. The zero-order chi connectivity index (χ0) is 8.39. The quantitative estimate of drug-likeness (QED) is 0.609. The molecule has 3 heteroatoms. The summed E-state index contributed by atoms with van der Waals surface area (Å²) in [6.45, 7) is 1.59. The van der Waals surface area contributed by atoms with Crippen LogP contribution in [0.25, 0.3) is 0 Å². The van der Waals surface area contributed by atoms with Gasteiger partial charge in [0.05, 0.1) is 12.0 Å². The first kappa shape index (κ1) is 7.26. The predicted octanol–water partition coefficient (Wildman–Crippen LogP) is 0.792. The first-order chi connectivity index (χ1) is 5.92. The van der Waals surface area contributed by atoms with Crippen molar-refractivity contribution in [2.24, 2.45) is 0 Å². The molecule has 0 saturated carbocycles. The maximum atomic E-state index is 8.83. The lowest BCUT2D eigenvalue weighted by Gasteiger charge is -2.20. The van der Waals surface area contributed by atoms with Gasteiger partial charge in [0.15, 0.2) is 0 Å². The van der Waals surface area contributed by atoms with Crippen molar-refractivity contribution >= 4 is 0 Å². The van der Waals surface area contributed by atoms with Crippen LogP contribution in [0.4, 0.5) is 0 Å². The zero-order valence-electron chi connectivity index (χ0n) is 6.62. The summed E-state index contributed by atoms with van der Waals surface area (Å²) in [7, 11) is 0. The molecule has 2 rings (SSSR count). The van der Waals surface area contributed by atoms with E-state index in [0.717, 1.165) is 24.2 Å². The van der Waals surface area contributed by atoms with Gasteiger partial charge in [0.1, 0.15) is 0 Å². The minimum Gasteiger partial charge on any atom is -0.311 e. The molecule has 1 aliphatic rings. The van der Waals surface area contributed by atoms with E-state index in [1.807, 2.05) is 12.3 Å². The van der Waals surface area contributed by atoms with Crippen LogP contribution in [-0.4, -0.2) is 11.5 Å². The minimum atomic E-state index is -0.00301. The lowest BCUT2D eigenvalue weighted by Crippen LogP contribution is -2.27. The van der Waals surface area contributed by atoms with Gasteiger partial charge >= 0.3 is 0 Å². The molecule has 0 radical (unpaired) electrons. The van der Waals surface area contributed by atoms with E-state index in [9.17, 15) is 0 Å². The molecule has 0 fully saturated rings. The Morgan fingerprint density at radius 1 is 1.67 bits per heavy atom. The van der Waals surface area contributed by atoms with Gasteiger partial charge in [-0.3, -0.25) is 4.98 Å². The van der Waals surface area contributed by atoms with Gasteiger partial charge in [0.2, 0.25) is 0 Å². The van der Waals surface area contributed by atoms with Crippen LogP contribution in [0, 0.1) is 11.3 Å². The molecule has 1 aromatic rings. The monoisotopic (exact) mass is 159 g/mol. The highest BCUT2D eigenvalue weighted by atomic mass is 14.9. The number of pyridine rings is 1. The van der Waals surface area contributed by atoms with E-state index >= 15 is 0 Å². The Hall–Kier alpha value is -1.40. The lowest BCUT2D eigenvalue weighted by atomic mass is 9.94. The van der Waals surface area contributed by atoms with Gasteiger partial charge in [0.25, 0.3) is 0 Å². The van der Waals surface area contributed by atoms with Crippen molar-refractivity contribution in [2.45, 2.75) is 12.5 Å². The van der Waals surface area contributed by atoms with Gasteiger partial charge in [-0.25, -0.2) is 0 Å². The average molecular weight is 159 g/mol. The number of nitrogens with zero attached hydrogens (tertiary/aromatic N) is 2. The Balaban J connectivity index is 2.45. The summed E-state index contributed by atoms with van der Waals surface area (Å²) >= 11 is 0. The summed E-state index contributed by atoms with van der Waals surface area (Å²) in [6.07, 6.45) is 3.57. The normalized spacial score (nSPS) is 21.1. The van der Waals surface area contributed by atoms with Crippen LogP contribution in [0.2, 0.25) is 0 Å². The van der Waals surface area contributed by atoms with Crippen LogP contribution in [0.1, 0.15) is 17.0 Å². The van der Waals surface area contributed by atoms with Crippen LogP contribution >= 0.6 is 0 Å². The lowest BCUT2D eigenvalue weighted by molar-refractivity contribution is 0.604. The minimum absolute atomic E-state index is 0.00301. The Labute approximate surface area is 71.0 Å². The van der Waals surface area contributed by atoms with E-state index in [-0.39, 0.29) is 5.92 Å². The predicted molar refractivity (Wildman–Crippen MR) is 44.3 cm³/mol. The summed E-state index contributed by atoms with van der Waals surface area (Å²) in [5.41, 5.74) is 2.28. The molecule has 0 spiro atoms. The molecule has 60 valence electrons. The molecule has 12 heavy (non-hydrogen) atoms. The molecule has 2 heterocycles. The Bertz CT molecular complexity index is 327. The topological polar surface area (TPSA) is 48.7 Å². The van der Waals surface area contributed by atoms with E-state index in [1.165, 1.54) is 0 Å². The molecule has 0 saturated heterocycles. The van der Waals surface area contributed by atoms with Gasteiger partial charge in [-0.15, -0.1) is 0 Å². The highest BCUT2D eigenvalue weighted by Gasteiger charge is 2.18. The van der Waals surface area contributed by atoms with E-state index in [2.05, 4.69) is 16.4 Å². The van der Waals surface area contributed by atoms with Crippen molar-refractivity contribution in [1.82, 2.24) is 10.3 Å². The Morgan fingerprint density at radius 3 is 3.42 bits per heavy atom. The molecular weight excluding hydrogens is 150 g/mol. The fourth-order valence-electron chi connectivity index (χ4n) is 1.50. The number of nitriles is 1. The largest absolute Gasteiger partial charge is 0.311 e. The second-order valence-corrected chi connectivity index (χ2v) is 2.89. The van der Waals surface area contributed by atoms with Crippen molar-refractivity contribution in [3.63, 3.8) is 0 Å². The molecule has 0 bridgehead atoms. The fourth-order valence-corrected chi connectivity index (χ4v) is 1.50. The first-order valence-corrected chi connectivity index (χ1v) is 3.95. The second kappa shape index (κ2) is 2.92. The average Bonchev–Trinajstić information content (AvgIpc) is 2.17. The third-order valence-corrected chi connectivity index (χ3v) is 2.14. The van der Waals surface area contributed by atoms with Crippen molar-refractivity contribution in [1.29, 1.82) is 5.26 Å². The zero-order valence-corrected chi connectivity index (χ0v) is 6.62.